The highest BCUT2D eigenvalue weighted by atomic mass is 15.0. The van der Waals surface area contributed by atoms with Crippen molar-refractivity contribution in [2.24, 2.45) is 0 Å². The summed E-state index contributed by atoms with van der Waals surface area (Å²) < 4.78 is 0. The van der Waals surface area contributed by atoms with Crippen LogP contribution in [-0.4, -0.2) is 19.9 Å². The van der Waals surface area contributed by atoms with Crippen LogP contribution in [0.15, 0.2) is 207 Å². The lowest BCUT2D eigenvalue weighted by Crippen LogP contribution is -2.25. The number of hydrogen-bond donors (Lipinski definition) is 0. The first-order chi connectivity index (χ1) is 29.2. The van der Waals surface area contributed by atoms with Gasteiger partial charge < -0.3 is 0 Å². The van der Waals surface area contributed by atoms with E-state index in [9.17, 15) is 0 Å². The summed E-state index contributed by atoms with van der Waals surface area (Å²) in [4.78, 5) is 19.8. The Hall–Kier alpha value is -7.82. The third-order valence-electron chi connectivity index (χ3n) is 12.2. The normalized spacial score (nSPS) is 14.5. The van der Waals surface area contributed by atoms with Gasteiger partial charge in [0.05, 0.1) is 5.41 Å². The zero-order chi connectivity index (χ0) is 38.9. The summed E-state index contributed by atoms with van der Waals surface area (Å²) in [5.41, 5.74) is 17.0. The average molecular weight is 751 g/mol. The van der Waals surface area contributed by atoms with Gasteiger partial charge in [-0.05, 0) is 102 Å². The monoisotopic (exact) mass is 750 g/mol. The number of benzene rings is 8. The number of pyridine rings is 1. The highest BCUT2D eigenvalue weighted by Crippen LogP contribution is 2.64. The molecule has 2 aromatic heterocycles. The maximum atomic E-state index is 5.15. The number of rotatable bonds is 5. The molecule has 10 aromatic rings. The second-order valence-corrected chi connectivity index (χ2v) is 15.4. The smallest absolute Gasteiger partial charge is 0.164 e. The Morgan fingerprint density at radius 3 is 1.59 bits per heavy atom. The number of aromatic nitrogens is 4. The van der Waals surface area contributed by atoms with Gasteiger partial charge in [-0.25, -0.2) is 15.0 Å². The van der Waals surface area contributed by atoms with Crippen molar-refractivity contribution >= 4 is 10.8 Å². The molecule has 1 atom stereocenters. The van der Waals surface area contributed by atoms with Gasteiger partial charge in [-0.3, -0.25) is 4.98 Å². The SMILES string of the molecule is c1ccc(-c2nc(-c3ccccc3)nc(-c3cc(-c4cccnc4)cc(-c4ccc5c(c4)C4(c6ccccc6-5)c5ccccc5-c5c4ccc4ccccc54)c3)n2)cc1. The van der Waals surface area contributed by atoms with Crippen LogP contribution < -0.4 is 0 Å². The van der Waals surface area contributed by atoms with E-state index in [1.807, 2.05) is 79.1 Å². The van der Waals surface area contributed by atoms with Crippen LogP contribution in [0.2, 0.25) is 0 Å². The number of fused-ring (bicyclic) bond motifs is 12. The molecule has 1 spiro atoms. The highest BCUT2D eigenvalue weighted by molar-refractivity contribution is 6.06. The lowest BCUT2D eigenvalue weighted by atomic mass is 9.70. The van der Waals surface area contributed by atoms with Crippen molar-refractivity contribution in [1.82, 2.24) is 19.9 Å². The number of hydrogen-bond acceptors (Lipinski definition) is 4. The minimum absolute atomic E-state index is 0.481. The van der Waals surface area contributed by atoms with Gasteiger partial charge in [0.25, 0.3) is 0 Å². The molecule has 0 radical (unpaired) electrons. The third-order valence-corrected chi connectivity index (χ3v) is 12.2. The summed E-state index contributed by atoms with van der Waals surface area (Å²) in [6, 6.07) is 69.7. The van der Waals surface area contributed by atoms with E-state index >= 15 is 0 Å². The summed E-state index contributed by atoms with van der Waals surface area (Å²) in [7, 11) is 0. The molecule has 2 heterocycles. The Kier molecular flexibility index (Phi) is 7.41. The maximum absolute atomic E-state index is 5.15. The molecule has 1 unspecified atom stereocenters. The second kappa shape index (κ2) is 13.1. The van der Waals surface area contributed by atoms with E-state index in [2.05, 4.69) is 132 Å². The molecule has 12 rings (SSSR count). The van der Waals surface area contributed by atoms with Gasteiger partial charge in [0, 0.05) is 34.6 Å². The molecule has 2 aliphatic carbocycles. The molecule has 0 saturated carbocycles. The zero-order valence-electron chi connectivity index (χ0n) is 31.9. The van der Waals surface area contributed by atoms with Gasteiger partial charge in [-0.15, -0.1) is 0 Å². The molecule has 0 amide bonds. The fourth-order valence-corrected chi connectivity index (χ4v) is 9.65. The van der Waals surface area contributed by atoms with E-state index in [-0.39, 0.29) is 0 Å². The van der Waals surface area contributed by atoms with Crippen molar-refractivity contribution < 1.29 is 0 Å². The molecule has 59 heavy (non-hydrogen) atoms. The Labute approximate surface area is 342 Å². The summed E-state index contributed by atoms with van der Waals surface area (Å²) in [6.45, 7) is 0. The van der Waals surface area contributed by atoms with Crippen LogP contribution in [0, 0.1) is 0 Å². The van der Waals surface area contributed by atoms with Crippen LogP contribution >= 0.6 is 0 Å². The minimum atomic E-state index is -0.481. The molecule has 0 N–H and O–H groups in total. The van der Waals surface area contributed by atoms with Crippen molar-refractivity contribution in [1.29, 1.82) is 0 Å². The molecule has 0 saturated heterocycles. The topological polar surface area (TPSA) is 51.6 Å². The lowest BCUT2D eigenvalue weighted by molar-refractivity contribution is 0.795. The molecule has 2 aliphatic rings. The predicted molar refractivity (Wildman–Crippen MR) is 239 cm³/mol. The van der Waals surface area contributed by atoms with E-state index < -0.39 is 5.41 Å². The van der Waals surface area contributed by atoms with E-state index in [0.717, 1.165) is 38.9 Å². The van der Waals surface area contributed by atoms with Crippen LogP contribution in [0.3, 0.4) is 0 Å². The van der Waals surface area contributed by atoms with Gasteiger partial charge in [0.15, 0.2) is 17.5 Å². The molecule has 0 bridgehead atoms. The fraction of sp³-hybridized carbons (Fsp3) is 0.0182. The first-order valence-electron chi connectivity index (χ1n) is 20.0. The van der Waals surface area contributed by atoms with Crippen LogP contribution in [0.5, 0.6) is 0 Å². The Morgan fingerprint density at radius 1 is 0.322 bits per heavy atom. The van der Waals surface area contributed by atoms with Gasteiger partial charge in [-0.2, -0.15) is 0 Å². The first kappa shape index (κ1) is 33.3. The summed E-state index contributed by atoms with van der Waals surface area (Å²) in [5.74, 6) is 1.87. The summed E-state index contributed by atoms with van der Waals surface area (Å²) in [6.07, 6.45) is 3.74. The molecular formula is C55H34N4. The molecular weight excluding hydrogens is 717 g/mol. The van der Waals surface area contributed by atoms with Crippen LogP contribution in [0.1, 0.15) is 22.3 Å². The van der Waals surface area contributed by atoms with Gasteiger partial charge in [-0.1, -0.05) is 164 Å². The largest absolute Gasteiger partial charge is 0.264 e. The van der Waals surface area contributed by atoms with Crippen LogP contribution in [-0.2, 0) is 5.41 Å². The van der Waals surface area contributed by atoms with Crippen LogP contribution in [0.4, 0.5) is 0 Å². The van der Waals surface area contributed by atoms with Crippen molar-refractivity contribution in [2.75, 3.05) is 0 Å². The summed E-state index contributed by atoms with van der Waals surface area (Å²) in [5, 5.41) is 2.54. The maximum Gasteiger partial charge on any atom is 0.164 e. The van der Waals surface area contributed by atoms with E-state index in [1.165, 1.54) is 55.3 Å². The Morgan fingerprint density at radius 2 is 0.881 bits per heavy atom. The zero-order valence-corrected chi connectivity index (χ0v) is 31.9. The molecule has 0 fully saturated rings. The van der Waals surface area contributed by atoms with Crippen molar-refractivity contribution in [3.05, 3.63) is 229 Å². The van der Waals surface area contributed by atoms with Crippen LogP contribution in [0.25, 0.3) is 89.4 Å². The Bertz CT molecular complexity index is 3210. The van der Waals surface area contributed by atoms with Gasteiger partial charge in [0.1, 0.15) is 0 Å². The molecule has 8 aromatic carbocycles. The lowest BCUT2D eigenvalue weighted by Gasteiger charge is -2.31. The number of nitrogens with zero attached hydrogens (tertiary/aromatic N) is 4. The van der Waals surface area contributed by atoms with Crippen molar-refractivity contribution in [2.45, 2.75) is 5.41 Å². The summed E-state index contributed by atoms with van der Waals surface area (Å²) >= 11 is 0. The van der Waals surface area contributed by atoms with E-state index in [0.29, 0.717) is 17.5 Å². The highest BCUT2D eigenvalue weighted by Gasteiger charge is 2.52. The molecule has 4 heteroatoms. The molecule has 274 valence electrons. The molecule has 4 nitrogen and oxygen atoms in total. The van der Waals surface area contributed by atoms with Crippen molar-refractivity contribution in [3.8, 4) is 78.7 Å². The standard InChI is InChI=1S/C55H34N4/c1-3-15-36(16-4-1)52-57-53(37-17-5-2-6-18-37)59-54(58-52)42-31-40(30-41(32-42)39-19-13-29-56-34-39)38-25-27-45-44-21-9-11-23-47(44)55(50(45)33-38)48-24-12-10-22-46(48)51-43-20-8-7-14-35(43)26-28-49(51)55/h1-34H. The third kappa shape index (κ3) is 5.10. The second-order valence-electron chi connectivity index (χ2n) is 15.4. The van der Waals surface area contributed by atoms with E-state index in [4.69, 9.17) is 15.0 Å². The Balaban J connectivity index is 1.11. The molecule has 0 aliphatic heterocycles. The average Bonchev–Trinajstić information content (AvgIpc) is 3.79. The van der Waals surface area contributed by atoms with Gasteiger partial charge >= 0.3 is 0 Å². The van der Waals surface area contributed by atoms with E-state index in [1.54, 1.807) is 0 Å². The minimum Gasteiger partial charge on any atom is -0.264 e. The predicted octanol–water partition coefficient (Wildman–Crippen LogP) is 13.1. The van der Waals surface area contributed by atoms with Gasteiger partial charge in [0.2, 0.25) is 0 Å². The fourth-order valence-electron chi connectivity index (χ4n) is 9.65. The van der Waals surface area contributed by atoms with Crippen molar-refractivity contribution in [3.63, 3.8) is 0 Å². The quantitative estimate of drug-likeness (QED) is 0.176. The first-order valence-corrected chi connectivity index (χ1v) is 20.0.